The molecule has 0 unspecified atom stereocenters. The van der Waals surface area contributed by atoms with Gasteiger partial charge in [-0.3, -0.25) is 4.79 Å². The first-order chi connectivity index (χ1) is 11.7. The van der Waals surface area contributed by atoms with Gasteiger partial charge in [0.2, 0.25) is 0 Å². The molecule has 0 radical (unpaired) electrons. The molecule has 0 aliphatic carbocycles. The van der Waals surface area contributed by atoms with Crippen LogP contribution in [0, 0.1) is 6.92 Å². The smallest absolute Gasteiger partial charge is 0.251 e. The van der Waals surface area contributed by atoms with Crippen LogP contribution in [0.25, 0.3) is 0 Å². The van der Waals surface area contributed by atoms with E-state index in [1.165, 1.54) is 12.8 Å². The van der Waals surface area contributed by atoms with Gasteiger partial charge in [-0.15, -0.1) is 0 Å². The van der Waals surface area contributed by atoms with E-state index in [9.17, 15) is 4.79 Å². The molecule has 1 amide bonds. The fourth-order valence-electron chi connectivity index (χ4n) is 2.74. The van der Waals surface area contributed by atoms with Gasteiger partial charge in [-0.1, -0.05) is 17.7 Å². The lowest BCUT2D eigenvalue weighted by molar-refractivity contribution is 0.0955. The van der Waals surface area contributed by atoms with Crippen molar-refractivity contribution < 1.29 is 4.79 Å². The van der Waals surface area contributed by atoms with E-state index in [0.29, 0.717) is 18.7 Å². The Hall–Kier alpha value is -2.63. The molecule has 1 aliphatic heterocycles. The minimum atomic E-state index is -0.0581. The number of rotatable bonds is 6. The molecule has 126 valence electrons. The highest BCUT2D eigenvalue weighted by Crippen LogP contribution is 2.18. The zero-order chi connectivity index (χ0) is 16.8. The van der Waals surface area contributed by atoms with Crippen LogP contribution in [0.5, 0.6) is 0 Å². The van der Waals surface area contributed by atoms with Crippen molar-refractivity contribution in [3.63, 3.8) is 0 Å². The second-order valence-electron chi connectivity index (χ2n) is 6.00. The zero-order valence-corrected chi connectivity index (χ0v) is 14.0. The molecule has 1 saturated heterocycles. The fraction of sp³-hybridized carbons (Fsp3) is 0.389. The lowest BCUT2D eigenvalue weighted by atomic mass is 10.1. The Morgan fingerprint density at radius 3 is 2.62 bits per heavy atom. The topological polar surface area (TPSA) is 70.2 Å². The number of hydrogen-bond donors (Lipinski definition) is 2. The van der Waals surface area contributed by atoms with Crippen LogP contribution in [-0.4, -0.2) is 42.1 Å². The molecule has 24 heavy (non-hydrogen) atoms. The summed E-state index contributed by atoms with van der Waals surface area (Å²) in [6, 6.07) is 9.52. The van der Waals surface area contributed by atoms with Crippen LogP contribution in [0.3, 0.4) is 0 Å². The number of nitrogens with zero attached hydrogens (tertiary/aromatic N) is 3. The Morgan fingerprint density at radius 2 is 1.88 bits per heavy atom. The quantitative estimate of drug-likeness (QED) is 0.797. The van der Waals surface area contributed by atoms with Crippen LogP contribution in [0.1, 0.15) is 28.8 Å². The molecule has 1 aliphatic rings. The standard InChI is InChI=1S/C18H23N5O/c1-14-4-6-15(7-5-14)18(24)20-9-8-19-16-12-17(22-13-21-16)23-10-2-3-11-23/h4-7,12-13H,2-3,8-11H2,1H3,(H,20,24)(H,19,21,22). The maximum Gasteiger partial charge on any atom is 0.251 e. The zero-order valence-electron chi connectivity index (χ0n) is 14.0. The summed E-state index contributed by atoms with van der Waals surface area (Å²) in [5, 5.41) is 6.14. The Morgan fingerprint density at radius 1 is 1.12 bits per heavy atom. The minimum absolute atomic E-state index is 0.0581. The maximum absolute atomic E-state index is 12.0. The van der Waals surface area contributed by atoms with Crippen LogP contribution in [0.15, 0.2) is 36.7 Å². The van der Waals surface area contributed by atoms with Crippen molar-refractivity contribution in [1.82, 2.24) is 15.3 Å². The number of aromatic nitrogens is 2. The first kappa shape index (κ1) is 16.2. The summed E-state index contributed by atoms with van der Waals surface area (Å²) in [6.45, 7) is 5.28. The molecule has 2 aromatic rings. The number of anilines is 2. The van der Waals surface area contributed by atoms with Gasteiger partial charge in [0.05, 0.1) is 0 Å². The van der Waals surface area contributed by atoms with Gasteiger partial charge in [0.15, 0.2) is 0 Å². The van der Waals surface area contributed by atoms with Crippen LogP contribution in [0.2, 0.25) is 0 Å². The predicted octanol–water partition coefficient (Wildman–Crippen LogP) is 2.23. The van der Waals surface area contributed by atoms with E-state index in [1.807, 2.05) is 37.3 Å². The molecule has 6 nitrogen and oxygen atoms in total. The molecule has 6 heteroatoms. The Labute approximate surface area is 142 Å². The van der Waals surface area contributed by atoms with Gasteiger partial charge in [0.1, 0.15) is 18.0 Å². The molecular weight excluding hydrogens is 302 g/mol. The summed E-state index contributed by atoms with van der Waals surface area (Å²) >= 11 is 0. The molecule has 0 bridgehead atoms. The van der Waals surface area contributed by atoms with E-state index in [0.717, 1.165) is 30.3 Å². The van der Waals surface area contributed by atoms with Gasteiger partial charge in [-0.05, 0) is 31.9 Å². The third-order valence-electron chi connectivity index (χ3n) is 4.11. The third kappa shape index (κ3) is 4.22. The SMILES string of the molecule is Cc1ccc(C(=O)NCCNc2cc(N3CCCC3)ncn2)cc1. The van der Waals surface area contributed by atoms with Crippen molar-refractivity contribution in [3.05, 3.63) is 47.8 Å². The molecular formula is C18H23N5O. The van der Waals surface area contributed by atoms with Gasteiger partial charge in [0, 0.05) is 37.8 Å². The molecule has 1 fully saturated rings. The van der Waals surface area contributed by atoms with Crippen molar-refractivity contribution in [2.75, 3.05) is 36.4 Å². The van der Waals surface area contributed by atoms with Gasteiger partial charge < -0.3 is 15.5 Å². The Kier molecular flexibility index (Phi) is 5.25. The summed E-state index contributed by atoms with van der Waals surface area (Å²) in [5.41, 5.74) is 1.82. The van der Waals surface area contributed by atoms with Gasteiger partial charge >= 0.3 is 0 Å². The summed E-state index contributed by atoms with van der Waals surface area (Å²) in [5.74, 6) is 1.70. The van der Waals surface area contributed by atoms with E-state index in [2.05, 4.69) is 25.5 Å². The molecule has 1 aromatic heterocycles. The third-order valence-corrected chi connectivity index (χ3v) is 4.11. The molecule has 0 spiro atoms. The van der Waals surface area contributed by atoms with Crippen LogP contribution in [0.4, 0.5) is 11.6 Å². The maximum atomic E-state index is 12.0. The number of benzene rings is 1. The van der Waals surface area contributed by atoms with E-state index in [-0.39, 0.29) is 5.91 Å². The lowest BCUT2D eigenvalue weighted by Crippen LogP contribution is -2.29. The first-order valence-corrected chi connectivity index (χ1v) is 8.38. The molecule has 2 heterocycles. The molecule has 3 rings (SSSR count). The van der Waals surface area contributed by atoms with Crippen molar-refractivity contribution in [3.8, 4) is 0 Å². The summed E-state index contributed by atoms with van der Waals surface area (Å²) in [7, 11) is 0. The molecule has 2 N–H and O–H groups in total. The van der Waals surface area contributed by atoms with E-state index < -0.39 is 0 Å². The predicted molar refractivity (Wildman–Crippen MR) is 95.5 cm³/mol. The number of carbonyl (C=O) groups is 1. The fourth-order valence-corrected chi connectivity index (χ4v) is 2.74. The van der Waals surface area contributed by atoms with E-state index in [4.69, 9.17) is 0 Å². The second kappa shape index (κ2) is 7.77. The number of nitrogens with one attached hydrogen (secondary N) is 2. The number of hydrogen-bond acceptors (Lipinski definition) is 5. The van der Waals surface area contributed by atoms with Crippen LogP contribution in [-0.2, 0) is 0 Å². The van der Waals surface area contributed by atoms with Crippen LogP contribution >= 0.6 is 0 Å². The summed E-state index contributed by atoms with van der Waals surface area (Å²) < 4.78 is 0. The number of carbonyl (C=O) groups excluding carboxylic acids is 1. The summed E-state index contributed by atoms with van der Waals surface area (Å²) in [6.07, 6.45) is 4.02. The van der Waals surface area contributed by atoms with Crippen LogP contribution < -0.4 is 15.5 Å². The second-order valence-corrected chi connectivity index (χ2v) is 6.00. The first-order valence-electron chi connectivity index (χ1n) is 8.38. The Bertz CT molecular complexity index is 680. The highest BCUT2D eigenvalue weighted by atomic mass is 16.1. The van der Waals surface area contributed by atoms with Crippen molar-refractivity contribution in [1.29, 1.82) is 0 Å². The normalized spacial score (nSPS) is 13.8. The average Bonchev–Trinajstić information content (AvgIpc) is 3.14. The van der Waals surface area contributed by atoms with Gasteiger partial charge in [0.25, 0.3) is 5.91 Å². The lowest BCUT2D eigenvalue weighted by Gasteiger charge is -2.16. The number of aryl methyl sites for hydroxylation is 1. The molecule has 0 atom stereocenters. The minimum Gasteiger partial charge on any atom is -0.368 e. The van der Waals surface area contributed by atoms with Crippen molar-refractivity contribution in [2.24, 2.45) is 0 Å². The monoisotopic (exact) mass is 325 g/mol. The largest absolute Gasteiger partial charge is 0.368 e. The van der Waals surface area contributed by atoms with E-state index in [1.54, 1.807) is 6.33 Å². The average molecular weight is 325 g/mol. The van der Waals surface area contributed by atoms with Gasteiger partial charge in [-0.25, -0.2) is 9.97 Å². The molecule has 0 saturated carbocycles. The number of amides is 1. The highest BCUT2D eigenvalue weighted by molar-refractivity contribution is 5.94. The highest BCUT2D eigenvalue weighted by Gasteiger charge is 2.13. The van der Waals surface area contributed by atoms with E-state index >= 15 is 0 Å². The molecule has 1 aromatic carbocycles. The Balaban J connectivity index is 1.45. The van der Waals surface area contributed by atoms with Crippen molar-refractivity contribution in [2.45, 2.75) is 19.8 Å². The van der Waals surface area contributed by atoms with Crippen molar-refractivity contribution >= 4 is 17.5 Å². The summed E-state index contributed by atoms with van der Waals surface area (Å²) in [4.78, 5) is 22.9. The van der Waals surface area contributed by atoms with Gasteiger partial charge in [-0.2, -0.15) is 0 Å².